The number of halogens is 1. The molecule has 0 unspecified atom stereocenters. The molecule has 1 aromatic carbocycles. The summed E-state index contributed by atoms with van der Waals surface area (Å²) in [6, 6.07) is 7.68. The zero-order valence-corrected chi connectivity index (χ0v) is 13.9. The van der Waals surface area contributed by atoms with Crippen LogP contribution in [-0.4, -0.2) is 29.3 Å². The number of carbonyl (C=O) groups is 2. The minimum atomic E-state index is -0.150. The highest BCUT2D eigenvalue weighted by Gasteiger charge is 2.25. The molecule has 0 radical (unpaired) electrons. The van der Waals surface area contributed by atoms with Crippen LogP contribution in [0.5, 0.6) is 0 Å². The minimum Gasteiger partial charge on any atom is -0.331 e. The standard InChI is InChI=1S/C16H21BrN2O2/c1-12(20)19(13-7-3-2-4-8-13)11-16(21)18-15-10-6-5-9-14(15)17/h5-6,9-10,13H,2-4,7-8,11H2,1H3,(H,18,21). The Morgan fingerprint density at radius 3 is 2.52 bits per heavy atom. The molecule has 4 nitrogen and oxygen atoms in total. The summed E-state index contributed by atoms with van der Waals surface area (Å²) in [6.45, 7) is 1.67. The summed E-state index contributed by atoms with van der Waals surface area (Å²) >= 11 is 3.40. The number of rotatable bonds is 4. The highest BCUT2D eigenvalue weighted by molar-refractivity contribution is 9.10. The fourth-order valence-electron chi connectivity index (χ4n) is 2.80. The van der Waals surface area contributed by atoms with E-state index in [1.807, 2.05) is 24.3 Å². The third-order valence-corrected chi connectivity index (χ3v) is 4.57. The summed E-state index contributed by atoms with van der Waals surface area (Å²) in [7, 11) is 0. The van der Waals surface area contributed by atoms with Crippen LogP contribution in [0.4, 0.5) is 5.69 Å². The Labute approximate surface area is 134 Å². The van der Waals surface area contributed by atoms with E-state index in [1.54, 1.807) is 11.8 Å². The molecule has 1 aliphatic rings. The van der Waals surface area contributed by atoms with Crippen LogP contribution in [0.2, 0.25) is 0 Å². The van der Waals surface area contributed by atoms with E-state index in [0.717, 1.165) is 35.8 Å². The van der Waals surface area contributed by atoms with E-state index in [4.69, 9.17) is 0 Å². The molecule has 1 aromatic rings. The van der Waals surface area contributed by atoms with Crippen LogP contribution in [0.25, 0.3) is 0 Å². The van der Waals surface area contributed by atoms with Gasteiger partial charge in [0.1, 0.15) is 6.54 Å². The highest BCUT2D eigenvalue weighted by Crippen LogP contribution is 2.24. The lowest BCUT2D eigenvalue weighted by molar-refractivity contribution is -0.135. The summed E-state index contributed by atoms with van der Waals surface area (Å²) in [5.41, 5.74) is 0.731. The summed E-state index contributed by atoms with van der Waals surface area (Å²) < 4.78 is 0.838. The summed E-state index contributed by atoms with van der Waals surface area (Å²) in [6.07, 6.45) is 5.51. The smallest absolute Gasteiger partial charge is 0.244 e. The first-order valence-electron chi connectivity index (χ1n) is 7.39. The van der Waals surface area contributed by atoms with Crippen molar-refractivity contribution in [1.29, 1.82) is 0 Å². The lowest BCUT2D eigenvalue weighted by Gasteiger charge is -2.33. The van der Waals surface area contributed by atoms with Gasteiger partial charge in [-0.05, 0) is 40.9 Å². The Hall–Kier alpha value is -1.36. The number of amides is 2. The Morgan fingerprint density at radius 1 is 1.24 bits per heavy atom. The van der Waals surface area contributed by atoms with Crippen LogP contribution in [0, 0.1) is 0 Å². The van der Waals surface area contributed by atoms with Gasteiger partial charge >= 0.3 is 0 Å². The second-order valence-corrected chi connectivity index (χ2v) is 6.32. The largest absolute Gasteiger partial charge is 0.331 e. The van der Waals surface area contributed by atoms with Crippen LogP contribution in [0.3, 0.4) is 0 Å². The first-order chi connectivity index (χ1) is 10.1. The van der Waals surface area contributed by atoms with Crippen LogP contribution >= 0.6 is 15.9 Å². The van der Waals surface area contributed by atoms with Gasteiger partial charge in [-0.15, -0.1) is 0 Å². The number of anilines is 1. The number of hydrogen-bond donors (Lipinski definition) is 1. The fraction of sp³-hybridized carbons (Fsp3) is 0.500. The first kappa shape index (κ1) is 16.0. The van der Waals surface area contributed by atoms with Gasteiger partial charge in [-0.25, -0.2) is 0 Å². The molecule has 1 fully saturated rings. The van der Waals surface area contributed by atoms with Crippen LogP contribution in [0.15, 0.2) is 28.7 Å². The van der Waals surface area contributed by atoms with Gasteiger partial charge in [0.2, 0.25) is 11.8 Å². The molecule has 0 aliphatic heterocycles. The minimum absolute atomic E-state index is 0.0239. The van der Waals surface area contributed by atoms with Crippen molar-refractivity contribution >= 4 is 33.4 Å². The Morgan fingerprint density at radius 2 is 1.90 bits per heavy atom. The van der Waals surface area contributed by atoms with Gasteiger partial charge in [0.25, 0.3) is 0 Å². The third-order valence-electron chi connectivity index (χ3n) is 3.88. The molecule has 0 saturated heterocycles. The number of nitrogens with one attached hydrogen (secondary N) is 1. The predicted octanol–water partition coefficient (Wildman–Crippen LogP) is 3.57. The Bertz CT molecular complexity index is 513. The maximum Gasteiger partial charge on any atom is 0.244 e. The maximum absolute atomic E-state index is 12.2. The maximum atomic E-state index is 12.2. The molecule has 114 valence electrons. The molecule has 1 aliphatic carbocycles. The van der Waals surface area contributed by atoms with E-state index >= 15 is 0 Å². The summed E-state index contributed by atoms with van der Waals surface area (Å²) in [4.78, 5) is 25.7. The van der Waals surface area contributed by atoms with E-state index in [9.17, 15) is 9.59 Å². The van der Waals surface area contributed by atoms with E-state index < -0.39 is 0 Å². The SMILES string of the molecule is CC(=O)N(CC(=O)Nc1ccccc1Br)C1CCCCC1. The molecule has 0 bridgehead atoms. The highest BCUT2D eigenvalue weighted by atomic mass is 79.9. The molecule has 5 heteroatoms. The van der Waals surface area contributed by atoms with Gasteiger partial charge in [-0.1, -0.05) is 31.4 Å². The van der Waals surface area contributed by atoms with Crippen molar-refractivity contribution in [2.24, 2.45) is 0 Å². The molecular formula is C16H21BrN2O2. The second kappa shape index (κ2) is 7.59. The Balaban J connectivity index is 1.98. The van der Waals surface area contributed by atoms with E-state index in [2.05, 4.69) is 21.2 Å². The van der Waals surface area contributed by atoms with Crippen molar-refractivity contribution in [1.82, 2.24) is 4.90 Å². The molecule has 0 heterocycles. The third kappa shape index (κ3) is 4.56. The molecule has 21 heavy (non-hydrogen) atoms. The normalized spacial score (nSPS) is 15.5. The molecule has 0 spiro atoms. The quantitative estimate of drug-likeness (QED) is 0.900. The average molecular weight is 353 g/mol. The lowest BCUT2D eigenvalue weighted by atomic mass is 9.94. The molecule has 1 N–H and O–H groups in total. The number of carbonyl (C=O) groups excluding carboxylic acids is 2. The molecule has 0 atom stereocenters. The topological polar surface area (TPSA) is 49.4 Å². The molecule has 2 rings (SSSR count). The van der Waals surface area contributed by atoms with E-state index in [1.165, 1.54) is 6.42 Å². The van der Waals surface area contributed by atoms with Crippen molar-refractivity contribution in [2.75, 3.05) is 11.9 Å². The molecule has 1 saturated carbocycles. The average Bonchev–Trinajstić information content (AvgIpc) is 2.48. The van der Waals surface area contributed by atoms with E-state index in [-0.39, 0.29) is 24.4 Å². The van der Waals surface area contributed by atoms with Crippen molar-refractivity contribution in [2.45, 2.75) is 45.1 Å². The monoisotopic (exact) mass is 352 g/mol. The summed E-state index contributed by atoms with van der Waals surface area (Å²) in [5, 5.41) is 2.85. The van der Waals surface area contributed by atoms with Crippen molar-refractivity contribution in [3.63, 3.8) is 0 Å². The van der Waals surface area contributed by atoms with Crippen LogP contribution < -0.4 is 5.32 Å². The predicted molar refractivity (Wildman–Crippen MR) is 87.0 cm³/mol. The van der Waals surface area contributed by atoms with Crippen LogP contribution in [-0.2, 0) is 9.59 Å². The van der Waals surface area contributed by atoms with Crippen molar-refractivity contribution in [3.05, 3.63) is 28.7 Å². The van der Waals surface area contributed by atoms with Gasteiger partial charge in [-0.3, -0.25) is 9.59 Å². The van der Waals surface area contributed by atoms with Crippen LogP contribution in [0.1, 0.15) is 39.0 Å². The zero-order chi connectivity index (χ0) is 15.2. The van der Waals surface area contributed by atoms with Gasteiger partial charge in [0.05, 0.1) is 5.69 Å². The first-order valence-corrected chi connectivity index (χ1v) is 8.19. The number of nitrogens with zero attached hydrogens (tertiary/aromatic N) is 1. The van der Waals surface area contributed by atoms with Crippen molar-refractivity contribution in [3.8, 4) is 0 Å². The second-order valence-electron chi connectivity index (χ2n) is 5.47. The van der Waals surface area contributed by atoms with Gasteiger partial charge < -0.3 is 10.2 Å². The molecule has 2 amide bonds. The number of benzene rings is 1. The molecular weight excluding hydrogens is 332 g/mol. The summed E-state index contributed by atoms with van der Waals surface area (Å²) in [5.74, 6) is -0.174. The van der Waals surface area contributed by atoms with E-state index in [0.29, 0.717) is 0 Å². The molecule has 0 aromatic heterocycles. The van der Waals surface area contributed by atoms with Gasteiger partial charge in [0.15, 0.2) is 0 Å². The number of para-hydroxylation sites is 1. The van der Waals surface area contributed by atoms with Crippen molar-refractivity contribution < 1.29 is 9.59 Å². The number of hydrogen-bond acceptors (Lipinski definition) is 2. The zero-order valence-electron chi connectivity index (χ0n) is 12.3. The van der Waals surface area contributed by atoms with Gasteiger partial charge in [-0.2, -0.15) is 0 Å². The fourth-order valence-corrected chi connectivity index (χ4v) is 3.18. The van der Waals surface area contributed by atoms with Gasteiger partial charge in [0, 0.05) is 17.4 Å². The Kier molecular flexibility index (Phi) is 5.79. The lowest BCUT2D eigenvalue weighted by Crippen LogP contribution is -2.44.